The molecule has 0 aliphatic rings. The topological polar surface area (TPSA) is 76.4 Å². The fourth-order valence-electron chi connectivity index (χ4n) is 2.79. The van der Waals surface area contributed by atoms with Crippen molar-refractivity contribution in [2.75, 3.05) is 13.2 Å². The van der Waals surface area contributed by atoms with Gasteiger partial charge in [0.05, 0.1) is 19.7 Å². The molecule has 2 N–H and O–H groups in total. The van der Waals surface area contributed by atoms with Gasteiger partial charge in [0.25, 0.3) is 0 Å². The molecule has 29 heavy (non-hydrogen) atoms. The zero-order chi connectivity index (χ0) is 20.2. The summed E-state index contributed by atoms with van der Waals surface area (Å²) in [7, 11) is 1.88. The molecule has 1 aromatic carbocycles. The minimum absolute atomic E-state index is 0. The third-order valence-electron chi connectivity index (χ3n) is 4.45. The van der Waals surface area contributed by atoms with E-state index in [1.54, 1.807) is 11.0 Å². The normalized spacial score (nSPS) is 11.1. The average molecular weight is 514 g/mol. The van der Waals surface area contributed by atoms with Gasteiger partial charge < -0.3 is 15.4 Å². The molecule has 0 saturated carbocycles. The van der Waals surface area contributed by atoms with Crippen LogP contribution in [0.2, 0.25) is 0 Å². The number of aliphatic imine (C=N–C) groups is 1. The highest BCUT2D eigenvalue weighted by Gasteiger charge is 2.06. The van der Waals surface area contributed by atoms with Crippen molar-refractivity contribution in [1.29, 1.82) is 0 Å². The standard InChI is InChI=1S/C21H34N6O.HI/c1-5-7-8-9-12-28-19-13-17(3)10-11-18(19)14-23-21(22-6-2)24-15-20-25-16-26-27(20)4;/h10-11,13,16H,5-9,12,14-15H2,1-4H3,(H2,22,23,24);1H. The summed E-state index contributed by atoms with van der Waals surface area (Å²) in [6.07, 6.45) is 6.35. The van der Waals surface area contributed by atoms with Crippen LogP contribution in [0.15, 0.2) is 29.5 Å². The monoisotopic (exact) mass is 514 g/mol. The van der Waals surface area contributed by atoms with Gasteiger partial charge in [-0.2, -0.15) is 5.10 Å². The van der Waals surface area contributed by atoms with E-state index in [9.17, 15) is 0 Å². The number of halogens is 1. The van der Waals surface area contributed by atoms with E-state index in [-0.39, 0.29) is 24.0 Å². The summed E-state index contributed by atoms with van der Waals surface area (Å²) in [4.78, 5) is 8.95. The van der Waals surface area contributed by atoms with Crippen molar-refractivity contribution in [2.24, 2.45) is 12.0 Å². The number of nitrogens with one attached hydrogen (secondary N) is 2. The Bertz CT molecular complexity index is 747. The lowest BCUT2D eigenvalue weighted by Crippen LogP contribution is -2.37. The van der Waals surface area contributed by atoms with Gasteiger partial charge in [-0.25, -0.2) is 9.98 Å². The Hall–Kier alpha value is -1.84. The second kappa shape index (κ2) is 14.2. The number of hydrogen-bond donors (Lipinski definition) is 2. The van der Waals surface area contributed by atoms with E-state index in [0.29, 0.717) is 13.1 Å². The maximum Gasteiger partial charge on any atom is 0.191 e. The van der Waals surface area contributed by atoms with E-state index < -0.39 is 0 Å². The Morgan fingerprint density at radius 1 is 1.17 bits per heavy atom. The Balaban J connectivity index is 0.00000420. The first-order valence-electron chi connectivity index (χ1n) is 10.2. The van der Waals surface area contributed by atoms with Gasteiger partial charge in [-0.15, -0.1) is 24.0 Å². The molecule has 0 aliphatic carbocycles. The van der Waals surface area contributed by atoms with Crippen LogP contribution < -0.4 is 15.4 Å². The van der Waals surface area contributed by atoms with E-state index in [1.807, 2.05) is 7.05 Å². The lowest BCUT2D eigenvalue weighted by molar-refractivity contribution is 0.302. The van der Waals surface area contributed by atoms with Crippen LogP contribution in [0, 0.1) is 6.92 Å². The Morgan fingerprint density at radius 3 is 2.69 bits per heavy atom. The third-order valence-corrected chi connectivity index (χ3v) is 4.45. The van der Waals surface area contributed by atoms with Crippen molar-refractivity contribution in [3.05, 3.63) is 41.5 Å². The maximum atomic E-state index is 6.06. The molecule has 0 unspecified atom stereocenters. The molecule has 0 bridgehead atoms. The van der Waals surface area contributed by atoms with Crippen LogP contribution in [0.1, 0.15) is 56.5 Å². The first kappa shape index (κ1) is 25.2. The Kier molecular flexibility index (Phi) is 12.3. The number of aromatic nitrogens is 3. The Morgan fingerprint density at radius 2 is 2.00 bits per heavy atom. The smallest absolute Gasteiger partial charge is 0.191 e. The number of aryl methyl sites for hydroxylation is 2. The predicted molar refractivity (Wildman–Crippen MR) is 129 cm³/mol. The molecule has 2 rings (SSSR count). The molecular weight excluding hydrogens is 479 g/mol. The number of rotatable bonds is 11. The molecule has 0 saturated heterocycles. The van der Waals surface area contributed by atoms with Crippen LogP contribution in [0.4, 0.5) is 0 Å². The van der Waals surface area contributed by atoms with E-state index >= 15 is 0 Å². The van der Waals surface area contributed by atoms with E-state index in [0.717, 1.165) is 42.7 Å². The summed E-state index contributed by atoms with van der Waals surface area (Å²) in [5.41, 5.74) is 2.29. The van der Waals surface area contributed by atoms with Gasteiger partial charge in [0.15, 0.2) is 5.96 Å². The Labute approximate surface area is 191 Å². The van der Waals surface area contributed by atoms with Crippen molar-refractivity contribution in [2.45, 2.75) is 59.5 Å². The van der Waals surface area contributed by atoms with Crippen LogP contribution in [-0.2, 0) is 20.1 Å². The maximum absolute atomic E-state index is 6.06. The molecule has 0 atom stereocenters. The summed E-state index contributed by atoms with van der Waals surface area (Å²) >= 11 is 0. The summed E-state index contributed by atoms with van der Waals surface area (Å²) < 4.78 is 7.81. The van der Waals surface area contributed by atoms with Gasteiger partial charge in [-0.3, -0.25) is 4.68 Å². The highest BCUT2D eigenvalue weighted by atomic mass is 127. The zero-order valence-electron chi connectivity index (χ0n) is 18.1. The lowest BCUT2D eigenvalue weighted by atomic mass is 10.1. The molecular formula is C21H35IN6O. The largest absolute Gasteiger partial charge is 0.493 e. The van der Waals surface area contributed by atoms with Crippen molar-refractivity contribution >= 4 is 29.9 Å². The zero-order valence-corrected chi connectivity index (χ0v) is 20.4. The SMILES string of the molecule is CCCCCCOc1cc(C)ccc1CN=C(NCC)NCc1ncnn1C.I. The van der Waals surface area contributed by atoms with Gasteiger partial charge in [0.1, 0.15) is 17.9 Å². The molecule has 7 nitrogen and oxygen atoms in total. The highest BCUT2D eigenvalue weighted by Crippen LogP contribution is 2.21. The van der Waals surface area contributed by atoms with Crippen LogP contribution in [-0.4, -0.2) is 33.9 Å². The number of guanidine groups is 1. The number of hydrogen-bond acceptors (Lipinski definition) is 4. The first-order valence-corrected chi connectivity index (χ1v) is 10.2. The third kappa shape index (κ3) is 9.01. The lowest BCUT2D eigenvalue weighted by Gasteiger charge is -2.13. The van der Waals surface area contributed by atoms with Crippen molar-refractivity contribution in [3.8, 4) is 5.75 Å². The van der Waals surface area contributed by atoms with Crippen LogP contribution >= 0.6 is 24.0 Å². The minimum atomic E-state index is 0. The molecule has 2 aromatic rings. The van der Waals surface area contributed by atoms with E-state index in [2.05, 4.69) is 59.7 Å². The number of nitrogens with zero attached hydrogens (tertiary/aromatic N) is 4. The number of unbranched alkanes of at least 4 members (excludes halogenated alkanes) is 3. The average Bonchev–Trinajstić information content (AvgIpc) is 3.10. The highest BCUT2D eigenvalue weighted by molar-refractivity contribution is 14.0. The summed E-state index contributed by atoms with van der Waals surface area (Å²) in [5.74, 6) is 2.54. The number of ether oxygens (including phenoxy) is 1. The first-order chi connectivity index (χ1) is 13.6. The molecule has 1 aromatic heterocycles. The van der Waals surface area contributed by atoms with Crippen molar-refractivity contribution in [3.63, 3.8) is 0 Å². The fraction of sp³-hybridized carbons (Fsp3) is 0.571. The van der Waals surface area contributed by atoms with Gasteiger partial charge in [0.2, 0.25) is 0 Å². The summed E-state index contributed by atoms with van der Waals surface area (Å²) in [6.45, 7) is 9.03. The van der Waals surface area contributed by atoms with E-state index in [4.69, 9.17) is 9.73 Å². The van der Waals surface area contributed by atoms with Gasteiger partial charge >= 0.3 is 0 Å². The molecule has 8 heteroatoms. The fourth-order valence-corrected chi connectivity index (χ4v) is 2.79. The van der Waals surface area contributed by atoms with Gasteiger partial charge in [-0.05, 0) is 31.9 Å². The molecule has 0 radical (unpaired) electrons. The van der Waals surface area contributed by atoms with Crippen molar-refractivity contribution < 1.29 is 4.74 Å². The predicted octanol–water partition coefficient (Wildman–Crippen LogP) is 3.96. The molecule has 0 fully saturated rings. The van der Waals surface area contributed by atoms with Crippen LogP contribution in [0.5, 0.6) is 5.75 Å². The summed E-state index contributed by atoms with van der Waals surface area (Å²) in [6, 6.07) is 6.31. The molecule has 1 heterocycles. The molecule has 162 valence electrons. The van der Waals surface area contributed by atoms with E-state index in [1.165, 1.54) is 24.8 Å². The molecule has 0 spiro atoms. The van der Waals surface area contributed by atoms with Gasteiger partial charge in [-0.1, -0.05) is 38.3 Å². The second-order valence-corrected chi connectivity index (χ2v) is 6.87. The minimum Gasteiger partial charge on any atom is -0.493 e. The summed E-state index contributed by atoms with van der Waals surface area (Å²) in [5, 5.41) is 10.7. The number of benzene rings is 1. The van der Waals surface area contributed by atoms with Crippen LogP contribution in [0.25, 0.3) is 0 Å². The van der Waals surface area contributed by atoms with Gasteiger partial charge in [0, 0.05) is 19.2 Å². The van der Waals surface area contributed by atoms with Crippen LogP contribution in [0.3, 0.4) is 0 Å². The molecule has 0 aliphatic heterocycles. The van der Waals surface area contributed by atoms with Crippen molar-refractivity contribution in [1.82, 2.24) is 25.4 Å². The second-order valence-electron chi connectivity index (χ2n) is 6.87. The quantitative estimate of drug-likeness (QED) is 0.206. The molecule has 0 amide bonds.